The fraction of sp³-hybridized carbons (Fsp3) is 0.0400. The van der Waals surface area contributed by atoms with Crippen molar-refractivity contribution in [3.63, 3.8) is 0 Å². The lowest BCUT2D eigenvalue weighted by molar-refractivity contribution is 0.896. The fourth-order valence-electron chi connectivity index (χ4n) is 10.2. The van der Waals surface area contributed by atoms with E-state index in [0.29, 0.717) is 0 Å². The van der Waals surface area contributed by atoms with Crippen LogP contribution in [-0.4, -0.2) is 4.57 Å². The van der Waals surface area contributed by atoms with Crippen molar-refractivity contribution >= 4 is 88.3 Å². The van der Waals surface area contributed by atoms with Crippen molar-refractivity contribution in [2.45, 2.75) is 12.5 Å². The van der Waals surface area contributed by atoms with Gasteiger partial charge >= 0.3 is 0 Å². The predicted octanol–water partition coefficient (Wildman–Crippen LogP) is 12.3. The molecule has 0 saturated heterocycles. The smallest absolute Gasteiger partial charge is 0.0792 e. The van der Waals surface area contributed by atoms with Gasteiger partial charge in [-0.3, -0.25) is 0 Å². The van der Waals surface area contributed by atoms with E-state index in [0.717, 1.165) is 6.42 Å². The second kappa shape index (κ2) is 9.57. The summed E-state index contributed by atoms with van der Waals surface area (Å²) in [4.78, 5) is 2.55. The standard InChI is InChI=1S/C50H30N2/c1-2-8-33(9-3-1)51-41-24-17-30-19-26-43-49-45(30)47(41)48-42(51)25-18-31-20-27-44(50(49)46(31)48)52(43)34-21-14-29(15-22-34)32-16-23-39-37-12-5-4-10-35(37)36-11-6-7-13-38(36)40(39)28-32/h1-19,21-28,41H,20H2. The Morgan fingerprint density at radius 3 is 1.94 bits per heavy atom. The normalized spacial score (nSPS) is 15.5. The molecular formula is C50H30N2. The predicted molar refractivity (Wildman–Crippen MR) is 220 cm³/mol. The number of aromatic nitrogens is 1. The van der Waals surface area contributed by atoms with Gasteiger partial charge in [-0.2, -0.15) is 0 Å². The van der Waals surface area contributed by atoms with Gasteiger partial charge in [0.2, 0.25) is 0 Å². The molecule has 240 valence electrons. The topological polar surface area (TPSA) is 8.17 Å². The highest BCUT2D eigenvalue weighted by Gasteiger charge is 2.38. The van der Waals surface area contributed by atoms with Crippen molar-refractivity contribution in [3.8, 4) is 16.8 Å². The van der Waals surface area contributed by atoms with E-state index in [-0.39, 0.29) is 6.04 Å². The number of rotatable bonds is 3. The van der Waals surface area contributed by atoms with Gasteiger partial charge < -0.3 is 9.47 Å². The number of anilines is 2. The lowest BCUT2D eigenvalue weighted by Gasteiger charge is -2.28. The molecule has 13 rings (SSSR count). The lowest BCUT2D eigenvalue weighted by Crippen LogP contribution is -2.18. The molecule has 2 heteroatoms. The molecule has 1 aromatic heterocycles. The maximum absolute atomic E-state index is 2.55. The van der Waals surface area contributed by atoms with E-state index in [4.69, 9.17) is 0 Å². The maximum Gasteiger partial charge on any atom is 0.0792 e. The van der Waals surface area contributed by atoms with Crippen molar-refractivity contribution in [3.05, 3.63) is 174 Å². The van der Waals surface area contributed by atoms with Gasteiger partial charge in [-0.15, -0.1) is 0 Å². The summed E-state index contributed by atoms with van der Waals surface area (Å²) in [6, 6.07) is 54.5. The number of benzene rings is 9. The van der Waals surface area contributed by atoms with Gasteiger partial charge in [-0.1, -0.05) is 121 Å². The van der Waals surface area contributed by atoms with Gasteiger partial charge in [-0.05, 0) is 120 Å². The largest absolute Gasteiger partial charge is 0.330 e. The molecule has 2 nitrogen and oxygen atoms in total. The minimum atomic E-state index is 0.184. The number of nitrogens with zero attached hydrogens (tertiary/aromatic N) is 2. The second-order valence-corrected chi connectivity index (χ2v) is 14.7. The Morgan fingerprint density at radius 1 is 0.481 bits per heavy atom. The first-order valence-electron chi connectivity index (χ1n) is 18.4. The van der Waals surface area contributed by atoms with Crippen LogP contribution in [0.15, 0.2) is 152 Å². The number of hydrogen-bond donors (Lipinski definition) is 0. The first-order valence-corrected chi connectivity index (χ1v) is 18.4. The van der Waals surface area contributed by atoms with Crippen LogP contribution in [0.4, 0.5) is 11.4 Å². The van der Waals surface area contributed by atoms with Crippen LogP contribution in [0.2, 0.25) is 0 Å². The zero-order chi connectivity index (χ0) is 33.7. The zero-order valence-electron chi connectivity index (χ0n) is 28.3. The molecule has 3 aliphatic rings. The molecular weight excluding hydrogens is 629 g/mol. The van der Waals surface area contributed by atoms with Crippen molar-refractivity contribution < 1.29 is 0 Å². The Balaban J connectivity index is 1.02. The molecule has 52 heavy (non-hydrogen) atoms. The van der Waals surface area contributed by atoms with Crippen LogP contribution in [0.5, 0.6) is 0 Å². The minimum absolute atomic E-state index is 0.184. The van der Waals surface area contributed by atoms with Gasteiger partial charge in [0.1, 0.15) is 0 Å². The molecule has 0 fully saturated rings. The van der Waals surface area contributed by atoms with Gasteiger partial charge in [0.05, 0.1) is 22.6 Å². The summed E-state index contributed by atoms with van der Waals surface area (Å²) in [6.07, 6.45) is 8.17. The summed E-state index contributed by atoms with van der Waals surface area (Å²) in [7, 11) is 0. The summed E-state index contributed by atoms with van der Waals surface area (Å²) in [5.74, 6) is 0. The molecule has 10 aromatic rings. The Morgan fingerprint density at radius 2 is 1.17 bits per heavy atom. The Bertz CT molecular complexity index is 3270. The molecule has 1 unspecified atom stereocenters. The third-order valence-electron chi connectivity index (χ3n) is 12.3. The number of fused-ring (bicyclic) bond motifs is 6. The highest BCUT2D eigenvalue weighted by Crippen LogP contribution is 2.56. The average Bonchev–Trinajstić information content (AvgIpc) is 3.75. The molecule has 0 spiro atoms. The first-order chi connectivity index (χ1) is 25.8. The van der Waals surface area contributed by atoms with Gasteiger partial charge in [0, 0.05) is 27.5 Å². The SMILES string of the molecule is C1=CC2c3c4c(ccc5c4c4c(n(-c6ccc(-c7ccc8c9ccccc9c9ccccc9c8c7)cc6)c6ccc1c3c46)=CC5)N2c1ccccc1. The van der Waals surface area contributed by atoms with Gasteiger partial charge in [-0.25, -0.2) is 0 Å². The van der Waals surface area contributed by atoms with Crippen LogP contribution in [0.3, 0.4) is 0 Å². The van der Waals surface area contributed by atoms with E-state index >= 15 is 0 Å². The summed E-state index contributed by atoms with van der Waals surface area (Å²) in [5.41, 5.74) is 11.8. The van der Waals surface area contributed by atoms with Crippen molar-refractivity contribution in [1.29, 1.82) is 0 Å². The van der Waals surface area contributed by atoms with E-state index in [9.17, 15) is 0 Å². The molecule has 0 bridgehead atoms. The van der Waals surface area contributed by atoms with Crippen LogP contribution < -0.4 is 10.2 Å². The second-order valence-electron chi connectivity index (χ2n) is 14.7. The lowest BCUT2D eigenvalue weighted by atomic mass is 9.83. The molecule has 0 radical (unpaired) electrons. The van der Waals surface area contributed by atoms with E-state index in [1.165, 1.54) is 115 Å². The van der Waals surface area contributed by atoms with Gasteiger partial charge in [0.25, 0.3) is 0 Å². The zero-order valence-corrected chi connectivity index (χ0v) is 28.3. The summed E-state index contributed by atoms with van der Waals surface area (Å²) in [6.45, 7) is 0. The Kier molecular flexibility index (Phi) is 4.99. The number of hydrogen-bond acceptors (Lipinski definition) is 1. The molecule has 1 aliphatic heterocycles. The third kappa shape index (κ3) is 3.27. The highest BCUT2D eigenvalue weighted by molar-refractivity contribution is 6.30. The van der Waals surface area contributed by atoms with Crippen molar-refractivity contribution in [2.24, 2.45) is 0 Å². The van der Waals surface area contributed by atoms with E-state index in [1.807, 2.05) is 0 Å². The molecule has 0 saturated carbocycles. The van der Waals surface area contributed by atoms with Crippen LogP contribution in [-0.2, 0) is 6.42 Å². The molecule has 0 amide bonds. The van der Waals surface area contributed by atoms with E-state index in [1.54, 1.807) is 0 Å². The molecule has 2 heterocycles. The molecule has 0 N–H and O–H groups in total. The highest BCUT2D eigenvalue weighted by atomic mass is 15.2. The van der Waals surface area contributed by atoms with Crippen LogP contribution in [0.25, 0.3) is 93.7 Å². The summed E-state index contributed by atoms with van der Waals surface area (Å²) < 4.78 is 2.53. The number of para-hydroxylation sites is 1. The summed E-state index contributed by atoms with van der Waals surface area (Å²) >= 11 is 0. The maximum atomic E-state index is 2.55. The molecule has 2 aliphatic carbocycles. The first kappa shape index (κ1) is 27.1. The fourth-order valence-corrected chi connectivity index (χ4v) is 10.2. The van der Waals surface area contributed by atoms with Crippen molar-refractivity contribution in [2.75, 3.05) is 4.90 Å². The van der Waals surface area contributed by atoms with Crippen LogP contribution in [0.1, 0.15) is 22.7 Å². The Hall–Kier alpha value is -6.64. The quantitative estimate of drug-likeness (QED) is 0.135. The molecule has 1 atom stereocenters. The minimum Gasteiger partial charge on any atom is -0.330 e. The third-order valence-corrected chi connectivity index (χ3v) is 12.3. The molecule has 9 aromatic carbocycles. The van der Waals surface area contributed by atoms with Gasteiger partial charge in [0.15, 0.2) is 0 Å². The monoisotopic (exact) mass is 658 g/mol. The van der Waals surface area contributed by atoms with Crippen LogP contribution >= 0.6 is 0 Å². The Labute approximate surface area is 299 Å². The van der Waals surface area contributed by atoms with Crippen LogP contribution in [0, 0.1) is 0 Å². The van der Waals surface area contributed by atoms with Crippen molar-refractivity contribution in [1.82, 2.24) is 4.57 Å². The average molecular weight is 659 g/mol. The van der Waals surface area contributed by atoms with E-state index in [2.05, 4.69) is 173 Å². The summed E-state index contributed by atoms with van der Waals surface area (Å²) in [5, 5.41) is 16.3. The van der Waals surface area contributed by atoms with E-state index < -0.39 is 0 Å².